The minimum atomic E-state index is -1.66. The van der Waals surface area contributed by atoms with E-state index in [1.165, 1.54) is 18.3 Å². The highest BCUT2D eigenvalue weighted by atomic mass is 35.5. The fourth-order valence-corrected chi connectivity index (χ4v) is 1.53. The third kappa shape index (κ3) is 3.18. The van der Waals surface area contributed by atoms with Gasteiger partial charge in [-0.1, -0.05) is 11.6 Å². The molecule has 0 atom stereocenters. The van der Waals surface area contributed by atoms with Crippen molar-refractivity contribution in [1.82, 2.24) is 4.98 Å². The van der Waals surface area contributed by atoms with Crippen LogP contribution in [-0.4, -0.2) is 11.0 Å². The quantitative estimate of drug-likeness (QED) is 0.829. The summed E-state index contributed by atoms with van der Waals surface area (Å²) in [6.45, 7) is 0. The lowest BCUT2D eigenvalue weighted by molar-refractivity contribution is 0.262. The zero-order valence-corrected chi connectivity index (χ0v) is 10.5. The minimum absolute atomic E-state index is 0.123. The van der Waals surface area contributed by atoms with Crippen LogP contribution in [-0.2, 0) is 0 Å². The fraction of sp³-hybridized carbons (Fsp3) is 0. The maximum Gasteiger partial charge on any atom is 0.324 e. The van der Waals surface area contributed by atoms with Crippen LogP contribution in [0.2, 0.25) is 5.02 Å². The second-order valence-electron chi connectivity index (χ2n) is 3.66. The van der Waals surface area contributed by atoms with Gasteiger partial charge in [-0.2, -0.15) is 0 Å². The average molecular weight is 302 g/mol. The van der Waals surface area contributed by atoms with Crippen molar-refractivity contribution in [3.63, 3.8) is 0 Å². The van der Waals surface area contributed by atoms with Gasteiger partial charge >= 0.3 is 6.03 Å². The summed E-state index contributed by atoms with van der Waals surface area (Å²) in [5.41, 5.74) is -0.497. The third-order valence-electron chi connectivity index (χ3n) is 2.25. The summed E-state index contributed by atoms with van der Waals surface area (Å²) in [6.07, 6.45) is 1.36. The smallest absolute Gasteiger partial charge is 0.305 e. The molecule has 20 heavy (non-hydrogen) atoms. The lowest BCUT2D eigenvalue weighted by Gasteiger charge is -2.08. The number of nitrogens with zero attached hydrogens (tertiary/aromatic N) is 1. The second kappa shape index (κ2) is 5.79. The molecule has 0 aliphatic rings. The van der Waals surface area contributed by atoms with Gasteiger partial charge in [-0.3, -0.25) is 5.32 Å². The van der Waals surface area contributed by atoms with Gasteiger partial charge in [0.15, 0.2) is 17.5 Å². The Morgan fingerprint density at radius 2 is 1.85 bits per heavy atom. The summed E-state index contributed by atoms with van der Waals surface area (Å²) >= 11 is 5.69. The van der Waals surface area contributed by atoms with E-state index in [-0.39, 0.29) is 5.82 Å². The number of amides is 2. The molecule has 1 aromatic carbocycles. The summed E-state index contributed by atoms with van der Waals surface area (Å²) in [5.74, 6) is -4.37. The van der Waals surface area contributed by atoms with Crippen LogP contribution >= 0.6 is 11.6 Å². The molecule has 8 heteroatoms. The molecule has 0 aliphatic carbocycles. The molecule has 0 fully saturated rings. The van der Waals surface area contributed by atoms with Crippen molar-refractivity contribution < 1.29 is 18.0 Å². The number of carbonyl (C=O) groups is 1. The number of urea groups is 1. The Hall–Kier alpha value is -2.28. The zero-order valence-electron chi connectivity index (χ0n) is 9.75. The number of pyridine rings is 1. The Morgan fingerprint density at radius 3 is 2.55 bits per heavy atom. The molecular weight excluding hydrogens is 295 g/mol. The Kier molecular flexibility index (Phi) is 4.09. The number of anilines is 2. The number of rotatable bonds is 2. The third-order valence-corrected chi connectivity index (χ3v) is 2.48. The summed E-state index contributed by atoms with van der Waals surface area (Å²) in [6, 6.07) is 3.59. The number of hydrogen-bond donors (Lipinski definition) is 2. The van der Waals surface area contributed by atoms with E-state index >= 15 is 0 Å². The number of benzene rings is 1. The Morgan fingerprint density at radius 1 is 1.10 bits per heavy atom. The first-order chi connectivity index (χ1) is 9.47. The van der Waals surface area contributed by atoms with Gasteiger partial charge in [-0.25, -0.2) is 22.9 Å². The summed E-state index contributed by atoms with van der Waals surface area (Å²) < 4.78 is 39.0. The molecule has 104 valence electrons. The first-order valence-corrected chi connectivity index (χ1v) is 5.68. The van der Waals surface area contributed by atoms with Crippen LogP contribution < -0.4 is 10.6 Å². The van der Waals surface area contributed by atoms with Crippen molar-refractivity contribution >= 4 is 29.1 Å². The van der Waals surface area contributed by atoms with E-state index in [2.05, 4.69) is 10.3 Å². The lowest BCUT2D eigenvalue weighted by atomic mass is 10.3. The molecule has 1 aromatic heterocycles. The molecule has 2 aromatic rings. The number of hydrogen-bond acceptors (Lipinski definition) is 2. The Balaban J connectivity index is 2.11. The molecule has 2 rings (SSSR count). The molecule has 4 nitrogen and oxygen atoms in total. The average Bonchev–Trinajstić information content (AvgIpc) is 2.39. The molecule has 0 saturated heterocycles. The number of aromatic nitrogens is 1. The maximum atomic E-state index is 13.3. The van der Waals surface area contributed by atoms with E-state index in [4.69, 9.17) is 11.6 Å². The highest BCUT2D eigenvalue weighted by Crippen LogP contribution is 2.20. The summed E-state index contributed by atoms with van der Waals surface area (Å²) in [4.78, 5) is 15.3. The molecule has 2 N–H and O–H groups in total. The predicted octanol–water partition coefficient (Wildman–Crippen LogP) is 3.80. The van der Waals surface area contributed by atoms with E-state index in [0.29, 0.717) is 11.1 Å². The van der Waals surface area contributed by atoms with Crippen LogP contribution in [0.25, 0.3) is 0 Å². The van der Waals surface area contributed by atoms with Crippen molar-refractivity contribution in [3.8, 4) is 0 Å². The van der Waals surface area contributed by atoms with Crippen molar-refractivity contribution in [2.45, 2.75) is 0 Å². The lowest BCUT2D eigenvalue weighted by Crippen LogP contribution is -2.21. The van der Waals surface area contributed by atoms with Crippen LogP contribution in [0.1, 0.15) is 0 Å². The standard InChI is InChI=1S/C12H7ClF3N3O/c13-6-3-4-17-9(5-6)19-12(20)18-8-2-1-7(14)10(15)11(8)16/h1-5H,(H2,17,18,19,20). The van der Waals surface area contributed by atoms with Crippen LogP contribution in [0.4, 0.5) is 29.5 Å². The molecule has 0 spiro atoms. The van der Waals surface area contributed by atoms with Gasteiger partial charge < -0.3 is 5.32 Å². The molecule has 0 unspecified atom stereocenters. The van der Waals surface area contributed by atoms with Crippen molar-refractivity contribution in [2.24, 2.45) is 0 Å². The summed E-state index contributed by atoms with van der Waals surface area (Å²) in [7, 11) is 0. The maximum absolute atomic E-state index is 13.3. The number of carbonyl (C=O) groups excluding carboxylic acids is 1. The number of halogens is 4. The molecule has 0 saturated carbocycles. The van der Waals surface area contributed by atoms with E-state index in [0.717, 1.165) is 6.07 Å². The first-order valence-electron chi connectivity index (χ1n) is 5.30. The first kappa shape index (κ1) is 14.1. The Labute approximate surface area is 116 Å². The summed E-state index contributed by atoms with van der Waals surface area (Å²) in [5, 5.41) is 4.64. The van der Waals surface area contributed by atoms with Gasteiger partial charge in [0.25, 0.3) is 0 Å². The van der Waals surface area contributed by atoms with Crippen molar-refractivity contribution in [1.29, 1.82) is 0 Å². The number of nitrogens with one attached hydrogen (secondary N) is 2. The molecule has 1 heterocycles. The van der Waals surface area contributed by atoms with Crippen LogP contribution in [0.5, 0.6) is 0 Å². The predicted molar refractivity (Wildman–Crippen MR) is 68.2 cm³/mol. The van der Waals surface area contributed by atoms with Gasteiger partial charge in [0, 0.05) is 11.2 Å². The molecule has 2 amide bonds. The highest BCUT2D eigenvalue weighted by molar-refractivity contribution is 6.30. The molecule has 0 aliphatic heterocycles. The van der Waals surface area contributed by atoms with Gasteiger partial charge in [0.2, 0.25) is 0 Å². The topological polar surface area (TPSA) is 54.0 Å². The molecular formula is C12H7ClF3N3O. The van der Waals surface area contributed by atoms with Gasteiger partial charge in [-0.15, -0.1) is 0 Å². The SMILES string of the molecule is O=C(Nc1cc(Cl)ccn1)Nc1ccc(F)c(F)c1F. The van der Waals surface area contributed by atoms with E-state index < -0.39 is 29.2 Å². The molecule has 0 bridgehead atoms. The Bertz CT molecular complexity index is 666. The normalized spacial score (nSPS) is 10.2. The minimum Gasteiger partial charge on any atom is -0.305 e. The van der Waals surface area contributed by atoms with E-state index in [9.17, 15) is 18.0 Å². The van der Waals surface area contributed by atoms with E-state index in [1.807, 2.05) is 5.32 Å². The largest absolute Gasteiger partial charge is 0.324 e. The highest BCUT2D eigenvalue weighted by Gasteiger charge is 2.15. The van der Waals surface area contributed by atoms with Crippen LogP contribution in [0.3, 0.4) is 0 Å². The van der Waals surface area contributed by atoms with Crippen LogP contribution in [0, 0.1) is 17.5 Å². The van der Waals surface area contributed by atoms with Gasteiger partial charge in [-0.05, 0) is 24.3 Å². The fourth-order valence-electron chi connectivity index (χ4n) is 1.37. The molecule has 0 radical (unpaired) electrons. The zero-order chi connectivity index (χ0) is 14.7. The monoisotopic (exact) mass is 301 g/mol. The van der Waals surface area contributed by atoms with Crippen molar-refractivity contribution in [2.75, 3.05) is 10.6 Å². The second-order valence-corrected chi connectivity index (χ2v) is 4.10. The van der Waals surface area contributed by atoms with Gasteiger partial charge in [0.05, 0.1) is 5.69 Å². The van der Waals surface area contributed by atoms with E-state index in [1.54, 1.807) is 0 Å². The van der Waals surface area contributed by atoms with Crippen LogP contribution in [0.15, 0.2) is 30.5 Å². The van der Waals surface area contributed by atoms with Crippen molar-refractivity contribution in [3.05, 3.63) is 52.9 Å². The van der Waals surface area contributed by atoms with Gasteiger partial charge in [0.1, 0.15) is 5.82 Å².